The molecule has 84 valence electrons. The molecule has 0 aromatic carbocycles. The lowest BCUT2D eigenvalue weighted by Gasteiger charge is -2.05. The van der Waals surface area contributed by atoms with Gasteiger partial charge in [0.25, 0.3) is 0 Å². The second-order valence-corrected chi connectivity index (χ2v) is 3.39. The van der Waals surface area contributed by atoms with E-state index in [-0.39, 0.29) is 0 Å². The van der Waals surface area contributed by atoms with Crippen LogP contribution in [0.2, 0.25) is 0 Å². The summed E-state index contributed by atoms with van der Waals surface area (Å²) in [5, 5.41) is 3.29. The van der Waals surface area contributed by atoms with Gasteiger partial charge in [-0.2, -0.15) is 0 Å². The number of aromatic nitrogens is 1. The van der Waals surface area contributed by atoms with Gasteiger partial charge in [0.05, 0.1) is 6.61 Å². The molecule has 1 aromatic rings. The first-order valence-electron chi connectivity index (χ1n) is 5.23. The largest absolute Gasteiger partial charge is 0.383 e. The maximum atomic E-state index is 5.73. The molecule has 0 aliphatic rings. The van der Waals surface area contributed by atoms with Gasteiger partial charge in [-0.15, -0.1) is 0 Å². The Morgan fingerprint density at radius 3 is 3.07 bits per heavy atom. The summed E-state index contributed by atoms with van der Waals surface area (Å²) in [7, 11) is 1.71. The Bertz CT molecular complexity index is 278. The second-order valence-electron chi connectivity index (χ2n) is 3.39. The summed E-state index contributed by atoms with van der Waals surface area (Å²) in [5.41, 5.74) is 6.86. The van der Waals surface area contributed by atoms with Crippen molar-refractivity contribution < 1.29 is 4.74 Å². The summed E-state index contributed by atoms with van der Waals surface area (Å²) in [6.45, 7) is 2.64. The van der Waals surface area contributed by atoms with Crippen LogP contribution in [-0.4, -0.2) is 31.8 Å². The number of nitrogens with one attached hydrogen (secondary N) is 1. The number of nitrogen functional groups attached to an aromatic ring is 1. The van der Waals surface area contributed by atoms with Gasteiger partial charge in [-0.3, -0.25) is 0 Å². The molecule has 4 heteroatoms. The van der Waals surface area contributed by atoms with Crippen LogP contribution in [0.15, 0.2) is 18.3 Å². The van der Waals surface area contributed by atoms with Crippen molar-refractivity contribution in [3.8, 4) is 0 Å². The first-order chi connectivity index (χ1) is 7.34. The molecule has 15 heavy (non-hydrogen) atoms. The van der Waals surface area contributed by atoms with E-state index in [0.29, 0.717) is 5.82 Å². The number of aryl methyl sites for hydroxylation is 1. The zero-order chi connectivity index (χ0) is 10.9. The lowest BCUT2D eigenvalue weighted by Crippen LogP contribution is -2.20. The van der Waals surface area contributed by atoms with Crippen molar-refractivity contribution in [1.82, 2.24) is 10.3 Å². The first-order valence-corrected chi connectivity index (χ1v) is 5.23. The van der Waals surface area contributed by atoms with Gasteiger partial charge in [0.15, 0.2) is 0 Å². The average molecular weight is 209 g/mol. The predicted molar refractivity (Wildman–Crippen MR) is 61.7 cm³/mol. The van der Waals surface area contributed by atoms with Gasteiger partial charge < -0.3 is 15.8 Å². The fourth-order valence-electron chi connectivity index (χ4n) is 1.37. The highest BCUT2D eigenvalue weighted by atomic mass is 16.5. The summed E-state index contributed by atoms with van der Waals surface area (Å²) in [6, 6.07) is 3.95. The van der Waals surface area contributed by atoms with Gasteiger partial charge >= 0.3 is 0 Å². The Kier molecular flexibility index (Phi) is 5.73. The van der Waals surface area contributed by atoms with Crippen LogP contribution < -0.4 is 11.1 Å². The third-order valence-electron chi connectivity index (χ3n) is 2.21. The standard InChI is InChI=1S/C11H19N3O/c1-15-9-8-13-6-2-4-10-5-3-7-14-11(10)12/h3,5,7,13H,2,4,6,8-9H2,1H3,(H2,12,14). The second kappa shape index (κ2) is 7.20. The Morgan fingerprint density at radius 1 is 1.47 bits per heavy atom. The number of rotatable bonds is 7. The van der Waals surface area contributed by atoms with E-state index >= 15 is 0 Å². The fraction of sp³-hybridized carbons (Fsp3) is 0.545. The molecule has 0 fully saturated rings. The zero-order valence-electron chi connectivity index (χ0n) is 9.20. The van der Waals surface area contributed by atoms with Gasteiger partial charge in [-0.1, -0.05) is 6.07 Å². The molecule has 0 unspecified atom stereocenters. The van der Waals surface area contributed by atoms with Crippen molar-refractivity contribution in [1.29, 1.82) is 0 Å². The molecule has 0 saturated heterocycles. The summed E-state index contributed by atoms with van der Waals surface area (Å²) in [5.74, 6) is 0.648. The molecular weight excluding hydrogens is 190 g/mol. The van der Waals surface area contributed by atoms with E-state index in [9.17, 15) is 0 Å². The molecule has 3 N–H and O–H groups in total. The van der Waals surface area contributed by atoms with E-state index in [2.05, 4.69) is 10.3 Å². The molecule has 1 rings (SSSR count). The van der Waals surface area contributed by atoms with Crippen LogP contribution in [0.25, 0.3) is 0 Å². The average Bonchev–Trinajstić information content (AvgIpc) is 2.25. The van der Waals surface area contributed by atoms with Crippen molar-refractivity contribution in [2.75, 3.05) is 32.5 Å². The van der Waals surface area contributed by atoms with Gasteiger partial charge in [0.2, 0.25) is 0 Å². The number of pyridine rings is 1. The Balaban J connectivity index is 2.12. The van der Waals surface area contributed by atoms with Crippen LogP contribution in [0.5, 0.6) is 0 Å². The zero-order valence-corrected chi connectivity index (χ0v) is 9.20. The summed E-state index contributed by atoms with van der Waals surface area (Å²) >= 11 is 0. The lowest BCUT2D eigenvalue weighted by molar-refractivity contribution is 0.199. The number of methoxy groups -OCH3 is 1. The molecular formula is C11H19N3O. The molecule has 1 aromatic heterocycles. The topological polar surface area (TPSA) is 60.2 Å². The van der Waals surface area contributed by atoms with E-state index in [1.54, 1.807) is 13.3 Å². The SMILES string of the molecule is COCCNCCCc1cccnc1N. The molecule has 0 aliphatic heterocycles. The minimum Gasteiger partial charge on any atom is -0.383 e. The third-order valence-corrected chi connectivity index (χ3v) is 2.21. The van der Waals surface area contributed by atoms with E-state index in [1.165, 1.54) is 0 Å². The molecule has 0 amide bonds. The highest BCUT2D eigenvalue weighted by Gasteiger charge is 1.97. The van der Waals surface area contributed by atoms with Crippen LogP contribution in [0.4, 0.5) is 5.82 Å². The van der Waals surface area contributed by atoms with Crippen molar-refractivity contribution in [2.24, 2.45) is 0 Å². The molecule has 0 radical (unpaired) electrons. The van der Waals surface area contributed by atoms with Crippen molar-refractivity contribution in [3.05, 3.63) is 23.9 Å². The minimum absolute atomic E-state index is 0.648. The quantitative estimate of drug-likeness (QED) is 0.653. The van der Waals surface area contributed by atoms with E-state index < -0.39 is 0 Å². The Hall–Kier alpha value is -1.13. The monoisotopic (exact) mass is 209 g/mol. The Labute approximate surface area is 90.8 Å². The molecule has 0 saturated carbocycles. The van der Waals surface area contributed by atoms with Crippen LogP contribution in [0.1, 0.15) is 12.0 Å². The number of nitrogens with two attached hydrogens (primary N) is 1. The lowest BCUT2D eigenvalue weighted by atomic mass is 10.1. The molecule has 0 atom stereocenters. The smallest absolute Gasteiger partial charge is 0.126 e. The maximum Gasteiger partial charge on any atom is 0.126 e. The number of anilines is 1. The summed E-state index contributed by atoms with van der Waals surface area (Å²) in [6.07, 6.45) is 3.76. The van der Waals surface area contributed by atoms with Crippen LogP contribution in [0.3, 0.4) is 0 Å². The number of nitrogens with zero attached hydrogens (tertiary/aromatic N) is 1. The van der Waals surface area contributed by atoms with Gasteiger partial charge in [-0.25, -0.2) is 4.98 Å². The van der Waals surface area contributed by atoms with E-state index in [4.69, 9.17) is 10.5 Å². The molecule has 0 bridgehead atoms. The van der Waals surface area contributed by atoms with E-state index in [0.717, 1.165) is 38.1 Å². The number of ether oxygens (including phenoxy) is 1. The summed E-state index contributed by atoms with van der Waals surface area (Å²) in [4.78, 5) is 4.04. The van der Waals surface area contributed by atoms with Gasteiger partial charge in [0, 0.05) is 19.9 Å². The van der Waals surface area contributed by atoms with Crippen molar-refractivity contribution in [2.45, 2.75) is 12.8 Å². The number of hydrogen-bond acceptors (Lipinski definition) is 4. The van der Waals surface area contributed by atoms with Gasteiger partial charge in [0.1, 0.15) is 5.82 Å². The maximum absolute atomic E-state index is 5.73. The van der Waals surface area contributed by atoms with Crippen LogP contribution >= 0.6 is 0 Å². The Morgan fingerprint density at radius 2 is 2.33 bits per heavy atom. The van der Waals surface area contributed by atoms with Crippen molar-refractivity contribution >= 4 is 5.82 Å². The first kappa shape index (κ1) is 11.9. The minimum atomic E-state index is 0.648. The molecule has 0 aliphatic carbocycles. The normalized spacial score (nSPS) is 10.5. The molecule has 0 spiro atoms. The van der Waals surface area contributed by atoms with E-state index in [1.807, 2.05) is 12.1 Å². The fourth-order valence-corrected chi connectivity index (χ4v) is 1.37. The predicted octanol–water partition coefficient (Wildman–Crippen LogP) is 0.832. The highest BCUT2D eigenvalue weighted by Crippen LogP contribution is 2.08. The molecule has 1 heterocycles. The summed E-state index contributed by atoms with van der Waals surface area (Å²) < 4.78 is 4.93. The van der Waals surface area contributed by atoms with Gasteiger partial charge in [-0.05, 0) is 31.0 Å². The third kappa shape index (κ3) is 4.76. The van der Waals surface area contributed by atoms with Crippen LogP contribution in [-0.2, 0) is 11.2 Å². The number of hydrogen-bond donors (Lipinski definition) is 2. The molecule has 4 nitrogen and oxygen atoms in total. The van der Waals surface area contributed by atoms with Crippen LogP contribution in [0, 0.1) is 0 Å². The highest BCUT2D eigenvalue weighted by molar-refractivity contribution is 5.38. The van der Waals surface area contributed by atoms with Crippen molar-refractivity contribution in [3.63, 3.8) is 0 Å².